The van der Waals surface area contributed by atoms with Crippen molar-refractivity contribution in [2.45, 2.75) is 39.0 Å². The van der Waals surface area contributed by atoms with Crippen molar-refractivity contribution in [3.63, 3.8) is 0 Å². The predicted molar refractivity (Wildman–Crippen MR) is 57.2 cm³/mol. The zero-order chi connectivity index (χ0) is 10.8. The lowest BCUT2D eigenvalue weighted by atomic mass is 10.0. The third kappa shape index (κ3) is 2.01. The Balaban J connectivity index is 2.54. The minimum absolute atomic E-state index is 0.458. The van der Waals surface area contributed by atoms with Crippen molar-refractivity contribution in [3.8, 4) is 0 Å². The van der Waals surface area contributed by atoms with Gasteiger partial charge >= 0.3 is 5.97 Å². The van der Waals surface area contributed by atoms with Crippen LogP contribution in [0.15, 0.2) is 6.07 Å². The molecule has 0 amide bonds. The molecule has 0 bridgehead atoms. The summed E-state index contributed by atoms with van der Waals surface area (Å²) in [6.07, 6.45) is 5.18. The number of carbonyl (C=O) groups is 1. The van der Waals surface area contributed by atoms with Crippen molar-refractivity contribution in [1.29, 1.82) is 0 Å². The number of carboxylic acids is 1. The van der Waals surface area contributed by atoms with Crippen molar-refractivity contribution in [3.05, 3.63) is 28.6 Å². The van der Waals surface area contributed by atoms with E-state index in [1.165, 1.54) is 6.42 Å². The van der Waals surface area contributed by atoms with Crippen molar-refractivity contribution in [1.82, 2.24) is 4.98 Å². The molecule has 0 saturated carbocycles. The van der Waals surface area contributed by atoms with E-state index < -0.39 is 5.97 Å². The molecule has 15 heavy (non-hydrogen) atoms. The fourth-order valence-corrected chi connectivity index (χ4v) is 2.21. The molecule has 0 aromatic carbocycles. The highest BCUT2D eigenvalue weighted by Crippen LogP contribution is 2.23. The third-order valence-electron chi connectivity index (χ3n) is 2.91. The zero-order valence-electron chi connectivity index (χ0n) is 8.92. The second kappa shape index (κ2) is 4.01. The van der Waals surface area contributed by atoms with Gasteiger partial charge < -0.3 is 5.11 Å². The van der Waals surface area contributed by atoms with Crippen LogP contribution < -0.4 is 0 Å². The summed E-state index contributed by atoms with van der Waals surface area (Å²) in [5, 5.41) is 9.13. The summed E-state index contributed by atoms with van der Waals surface area (Å²) in [5.74, 6) is -0.821. The summed E-state index contributed by atoms with van der Waals surface area (Å²) in [6, 6.07) is 1.69. The van der Waals surface area contributed by atoms with Gasteiger partial charge in [0.1, 0.15) is 0 Å². The molecule has 1 aliphatic carbocycles. The van der Waals surface area contributed by atoms with Crippen LogP contribution in [0.2, 0.25) is 0 Å². The normalized spacial score (nSPS) is 15.5. The van der Waals surface area contributed by atoms with E-state index in [1.54, 1.807) is 6.07 Å². The quantitative estimate of drug-likeness (QED) is 0.716. The number of hydrogen-bond donors (Lipinski definition) is 1. The number of fused-ring (bicyclic) bond motifs is 1. The SMILES string of the molecule is Cc1cc(C(=O)O)c2c(n1)CCCCC2. The largest absolute Gasteiger partial charge is 0.478 e. The van der Waals surface area contributed by atoms with Crippen LogP contribution in [0.4, 0.5) is 0 Å². The Hall–Kier alpha value is -1.38. The van der Waals surface area contributed by atoms with Gasteiger partial charge in [0, 0.05) is 11.4 Å². The second-order valence-corrected chi connectivity index (χ2v) is 4.10. The topological polar surface area (TPSA) is 50.2 Å². The number of aromatic nitrogens is 1. The molecular formula is C12H15NO2. The lowest BCUT2D eigenvalue weighted by Crippen LogP contribution is -2.08. The number of carboxylic acid groups (broad SMARTS) is 1. The highest BCUT2D eigenvalue weighted by molar-refractivity contribution is 5.89. The first-order chi connectivity index (χ1) is 7.18. The maximum atomic E-state index is 11.1. The standard InChI is InChI=1S/C12H15NO2/c1-8-7-10(12(14)15)9-5-3-2-4-6-11(9)13-8/h7H,2-6H2,1H3,(H,14,15). The smallest absolute Gasteiger partial charge is 0.336 e. The molecule has 0 unspecified atom stereocenters. The van der Waals surface area contributed by atoms with Gasteiger partial charge in [0.15, 0.2) is 0 Å². The monoisotopic (exact) mass is 205 g/mol. The Bertz CT molecular complexity index is 399. The van der Waals surface area contributed by atoms with E-state index >= 15 is 0 Å². The summed E-state index contributed by atoms with van der Waals surface area (Å²) in [4.78, 5) is 15.6. The first-order valence-corrected chi connectivity index (χ1v) is 5.41. The Morgan fingerprint density at radius 1 is 1.33 bits per heavy atom. The maximum Gasteiger partial charge on any atom is 0.336 e. The van der Waals surface area contributed by atoms with Gasteiger partial charge in [0.25, 0.3) is 0 Å². The Morgan fingerprint density at radius 2 is 2.07 bits per heavy atom. The molecule has 0 saturated heterocycles. The summed E-state index contributed by atoms with van der Waals surface area (Å²) >= 11 is 0. The van der Waals surface area contributed by atoms with Crippen molar-refractivity contribution >= 4 is 5.97 Å². The second-order valence-electron chi connectivity index (χ2n) is 4.10. The lowest BCUT2D eigenvalue weighted by molar-refractivity contribution is 0.0695. The Kier molecular flexibility index (Phi) is 2.71. The number of pyridine rings is 1. The molecule has 1 aromatic rings. The van der Waals surface area contributed by atoms with Crippen LogP contribution in [0.3, 0.4) is 0 Å². The number of aromatic carboxylic acids is 1. The van der Waals surface area contributed by atoms with E-state index in [0.717, 1.165) is 42.6 Å². The third-order valence-corrected chi connectivity index (χ3v) is 2.91. The van der Waals surface area contributed by atoms with E-state index in [-0.39, 0.29) is 0 Å². The first kappa shape index (κ1) is 10.1. The van der Waals surface area contributed by atoms with Crippen LogP contribution in [0.1, 0.15) is 46.6 Å². The molecule has 3 nitrogen and oxygen atoms in total. The number of nitrogens with zero attached hydrogens (tertiary/aromatic N) is 1. The van der Waals surface area contributed by atoms with Gasteiger partial charge in [-0.2, -0.15) is 0 Å². The van der Waals surface area contributed by atoms with Crippen LogP contribution in [0.25, 0.3) is 0 Å². The molecule has 1 N–H and O–H groups in total. The predicted octanol–water partition coefficient (Wildman–Crippen LogP) is 2.36. The van der Waals surface area contributed by atoms with E-state index in [4.69, 9.17) is 5.11 Å². The van der Waals surface area contributed by atoms with Gasteiger partial charge in [-0.05, 0) is 44.2 Å². The molecule has 1 aromatic heterocycles. The highest BCUT2D eigenvalue weighted by Gasteiger charge is 2.17. The van der Waals surface area contributed by atoms with E-state index in [2.05, 4.69) is 4.98 Å². The van der Waals surface area contributed by atoms with Gasteiger partial charge in [-0.3, -0.25) is 4.98 Å². The summed E-state index contributed by atoms with van der Waals surface area (Å²) < 4.78 is 0. The number of rotatable bonds is 1. The van der Waals surface area contributed by atoms with Crippen LogP contribution in [-0.2, 0) is 12.8 Å². The minimum atomic E-state index is -0.821. The van der Waals surface area contributed by atoms with Gasteiger partial charge in [-0.15, -0.1) is 0 Å². The maximum absolute atomic E-state index is 11.1. The summed E-state index contributed by atoms with van der Waals surface area (Å²) in [7, 11) is 0. The highest BCUT2D eigenvalue weighted by atomic mass is 16.4. The molecule has 0 fully saturated rings. The van der Waals surface area contributed by atoms with E-state index in [1.807, 2.05) is 6.92 Å². The molecule has 0 radical (unpaired) electrons. The van der Waals surface area contributed by atoms with Gasteiger partial charge in [0.05, 0.1) is 5.56 Å². The zero-order valence-corrected chi connectivity index (χ0v) is 8.92. The van der Waals surface area contributed by atoms with Crippen molar-refractivity contribution in [2.75, 3.05) is 0 Å². The molecule has 0 aliphatic heterocycles. The fourth-order valence-electron chi connectivity index (χ4n) is 2.21. The first-order valence-electron chi connectivity index (χ1n) is 5.41. The molecular weight excluding hydrogens is 190 g/mol. The molecule has 3 heteroatoms. The van der Waals surface area contributed by atoms with Gasteiger partial charge in [0.2, 0.25) is 0 Å². The van der Waals surface area contributed by atoms with Gasteiger partial charge in [-0.25, -0.2) is 4.79 Å². The average molecular weight is 205 g/mol. The van der Waals surface area contributed by atoms with E-state index in [9.17, 15) is 4.79 Å². The Morgan fingerprint density at radius 3 is 2.80 bits per heavy atom. The molecule has 0 spiro atoms. The molecule has 1 heterocycles. The van der Waals surface area contributed by atoms with Crippen LogP contribution in [0.5, 0.6) is 0 Å². The summed E-state index contributed by atoms with van der Waals surface area (Å²) in [5.41, 5.74) is 3.24. The van der Waals surface area contributed by atoms with Crippen LogP contribution in [-0.4, -0.2) is 16.1 Å². The van der Waals surface area contributed by atoms with Crippen molar-refractivity contribution in [2.24, 2.45) is 0 Å². The average Bonchev–Trinajstić information content (AvgIpc) is 2.41. The van der Waals surface area contributed by atoms with Crippen LogP contribution >= 0.6 is 0 Å². The number of hydrogen-bond acceptors (Lipinski definition) is 2. The number of aryl methyl sites for hydroxylation is 2. The molecule has 0 atom stereocenters. The molecule has 2 rings (SSSR count). The van der Waals surface area contributed by atoms with Gasteiger partial charge in [-0.1, -0.05) is 6.42 Å². The Labute approximate surface area is 89.2 Å². The van der Waals surface area contributed by atoms with E-state index in [0.29, 0.717) is 5.56 Å². The minimum Gasteiger partial charge on any atom is -0.478 e. The summed E-state index contributed by atoms with van der Waals surface area (Å²) in [6.45, 7) is 1.86. The van der Waals surface area contributed by atoms with Crippen LogP contribution in [0, 0.1) is 6.92 Å². The lowest BCUT2D eigenvalue weighted by Gasteiger charge is -2.09. The fraction of sp³-hybridized carbons (Fsp3) is 0.500. The molecule has 80 valence electrons. The van der Waals surface area contributed by atoms with Crippen molar-refractivity contribution < 1.29 is 9.90 Å². The molecule has 1 aliphatic rings.